The molecule has 1 aliphatic rings. The van der Waals surface area contributed by atoms with Crippen LogP contribution in [0.3, 0.4) is 0 Å². The smallest absolute Gasteiger partial charge is 0.255 e. The molecule has 7 heteroatoms. The van der Waals surface area contributed by atoms with Crippen LogP contribution in [0.25, 0.3) is 0 Å². The molecule has 0 radical (unpaired) electrons. The largest absolute Gasteiger partial charge is 0.378 e. The predicted octanol–water partition coefficient (Wildman–Crippen LogP) is 1.33. The maximum atomic E-state index is 12.2. The lowest BCUT2D eigenvalue weighted by Gasteiger charge is -2.23. The van der Waals surface area contributed by atoms with Gasteiger partial charge in [-0.3, -0.25) is 14.6 Å². The summed E-state index contributed by atoms with van der Waals surface area (Å²) in [7, 11) is 0. The molecular formula is C19H22N4O3. The van der Waals surface area contributed by atoms with Crippen LogP contribution in [0.5, 0.6) is 0 Å². The molecule has 1 unspecified atom stereocenters. The Morgan fingerprint density at radius 1 is 1.15 bits per heavy atom. The summed E-state index contributed by atoms with van der Waals surface area (Å²) in [5, 5.41) is 8.95. The Hall–Kier alpha value is -2.77. The minimum absolute atomic E-state index is 0.0208. The third kappa shape index (κ3) is 5.37. The number of hydrogen-bond acceptors (Lipinski definition) is 5. The van der Waals surface area contributed by atoms with E-state index in [1.807, 2.05) is 12.1 Å². The Kier molecular flexibility index (Phi) is 6.29. The van der Waals surface area contributed by atoms with Crippen LogP contribution in [0.1, 0.15) is 22.3 Å². The van der Waals surface area contributed by atoms with Gasteiger partial charge in [0.2, 0.25) is 5.91 Å². The second kappa shape index (κ2) is 9.07. The van der Waals surface area contributed by atoms with Gasteiger partial charge in [0.15, 0.2) is 0 Å². The van der Waals surface area contributed by atoms with Crippen LogP contribution in [0, 0.1) is 0 Å². The summed E-state index contributed by atoms with van der Waals surface area (Å²) >= 11 is 0. The third-order valence-electron chi connectivity index (χ3n) is 4.07. The topological polar surface area (TPSA) is 92.4 Å². The fraction of sp³-hybridized carbons (Fsp3) is 0.316. The van der Waals surface area contributed by atoms with Crippen molar-refractivity contribution in [2.45, 2.75) is 19.0 Å². The van der Waals surface area contributed by atoms with E-state index >= 15 is 0 Å². The summed E-state index contributed by atoms with van der Waals surface area (Å²) in [6.07, 6.45) is 3.64. The summed E-state index contributed by atoms with van der Waals surface area (Å²) < 4.78 is 5.34. The number of nitrogens with one attached hydrogen (secondary N) is 3. The van der Waals surface area contributed by atoms with Gasteiger partial charge in [-0.25, -0.2) is 0 Å². The lowest BCUT2D eigenvalue weighted by Crippen LogP contribution is -2.44. The van der Waals surface area contributed by atoms with Crippen LogP contribution in [-0.4, -0.2) is 42.6 Å². The number of aromatic nitrogens is 1. The van der Waals surface area contributed by atoms with Gasteiger partial charge in [-0.2, -0.15) is 0 Å². The van der Waals surface area contributed by atoms with Crippen molar-refractivity contribution < 1.29 is 14.3 Å². The molecule has 0 bridgehead atoms. The first-order valence-corrected chi connectivity index (χ1v) is 8.59. The van der Waals surface area contributed by atoms with Crippen molar-refractivity contribution in [3.05, 3.63) is 59.9 Å². The normalized spacial score (nSPS) is 16.7. The number of pyridine rings is 1. The van der Waals surface area contributed by atoms with Gasteiger partial charge in [0.25, 0.3) is 5.91 Å². The van der Waals surface area contributed by atoms with Crippen molar-refractivity contribution in [3.63, 3.8) is 0 Å². The molecule has 1 aromatic heterocycles. The summed E-state index contributed by atoms with van der Waals surface area (Å²) in [6.45, 7) is 2.47. The SMILES string of the molecule is O=C(CC1COCCN1)NCc1ccc(C(=O)Nc2ccncc2)cc1. The van der Waals surface area contributed by atoms with Gasteiger partial charge in [-0.15, -0.1) is 0 Å². The first kappa shape index (κ1) is 18.0. The van der Waals surface area contributed by atoms with E-state index in [1.165, 1.54) is 0 Å². The Labute approximate surface area is 152 Å². The fourth-order valence-corrected chi connectivity index (χ4v) is 2.66. The Bertz CT molecular complexity index is 728. The van der Waals surface area contributed by atoms with E-state index in [0.29, 0.717) is 37.4 Å². The quantitative estimate of drug-likeness (QED) is 0.728. The Morgan fingerprint density at radius 2 is 1.92 bits per heavy atom. The second-order valence-corrected chi connectivity index (χ2v) is 6.09. The van der Waals surface area contributed by atoms with Crippen molar-refractivity contribution in [2.24, 2.45) is 0 Å². The number of morpholine rings is 1. The summed E-state index contributed by atoms with van der Waals surface area (Å²) in [4.78, 5) is 28.1. The molecule has 2 aromatic rings. The molecule has 7 nitrogen and oxygen atoms in total. The highest BCUT2D eigenvalue weighted by Gasteiger charge is 2.16. The predicted molar refractivity (Wildman–Crippen MR) is 97.7 cm³/mol. The highest BCUT2D eigenvalue weighted by molar-refractivity contribution is 6.04. The number of benzene rings is 1. The average Bonchev–Trinajstić information content (AvgIpc) is 2.68. The number of amides is 2. The van der Waals surface area contributed by atoms with Crippen LogP contribution >= 0.6 is 0 Å². The molecule has 1 saturated heterocycles. The van der Waals surface area contributed by atoms with Gasteiger partial charge in [0.1, 0.15) is 0 Å². The maximum Gasteiger partial charge on any atom is 0.255 e. The first-order chi connectivity index (χ1) is 12.7. The second-order valence-electron chi connectivity index (χ2n) is 6.09. The van der Waals surface area contributed by atoms with Crippen LogP contribution in [0.2, 0.25) is 0 Å². The van der Waals surface area contributed by atoms with Gasteiger partial charge in [-0.1, -0.05) is 12.1 Å². The average molecular weight is 354 g/mol. The van der Waals surface area contributed by atoms with E-state index in [-0.39, 0.29) is 17.9 Å². The fourth-order valence-electron chi connectivity index (χ4n) is 2.66. The van der Waals surface area contributed by atoms with Gasteiger partial charge >= 0.3 is 0 Å². The van der Waals surface area contributed by atoms with Crippen LogP contribution < -0.4 is 16.0 Å². The zero-order valence-corrected chi connectivity index (χ0v) is 14.4. The lowest BCUT2D eigenvalue weighted by atomic mass is 10.1. The number of carbonyl (C=O) groups excluding carboxylic acids is 2. The molecule has 1 aliphatic heterocycles. The van der Waals surface area contributed by atoms with Crippen molar-refractivity contribution >= 4 is 17.5 Å². The number of nitrogens with zero attached hydrogens (tertiary/aromatic N) is 1. The molecular weight excluding hydrogens is 332 g/mol. The number of carbonyl (C=O) groups is 2. The summed E-state index contributed by atoms with van der Waals surface area (Å²) in [6, 6.07) is 10.7. The zero-order valence-electron chi connectivity index (χ0n) is 14.4. The van der Waals surface area contributed by atoms with Gasteiger partial charge in [-0.05, 0) is 29.8 Å². The van der Waals surface area contributed by atoms with Gasteiger partial charge < -0.3 is 20.7 Å². The van der Waals surface area contributed by atoms with Crippen molar-refractivity contribution in [3.8, 4) is 0 Å². The van der Waals surface area contributed by atoms with Gasteiger partial charge in [0.05, 0.1) is 13.2 Å². The molecule has 1 fully saturated rings. The van der Waals surface area contributed by atoms with Crippen LogP contribution in [0.15, 0.2) is 48.8 Å². The summed E-state index contributed by atoms with van der Waals surface area (Å²) in [5.74, 6) is -0.206. The first-order valence-electron chi connectivity index (χ1n) is 8.59. The number of anilines is 1. The highest BCUT2D eigenvalue weighted by atomic mass is 16.5. The minimum Gasteiger partial charge on any atom is -0.378 e. The standard InChI is InChI=1S/C19H22N4O3/c24-18(11-17-13-26-10-9-21-17)22-12-14-1-3-15(4-2-14)19(25)23-16-5-7-20-8-6-16/h1-8,17,21H,9-13H2,(H,22,24)(H,20,23,25). The minimum atomic E-state index is -0.185. The van der Waals surface area contributed by atoms with Crippen molar-refractivity contribution in [1.82, 2.24) is 15.6 Å². The molecule has 26 heavy (non-hydrogen) atoms. The monoisotopic (exact) mass is 354 g/mol. The Balaban J connectivity index is 1.46. The molecule has 0 aliphatic carbocycles. The highest BCUT2D eigenvalue weighted by Crippen LogP contribution is 2.09. The maximum absolute atomic E-state index is 12.2. The van der Waals surface area contributed by atoms with E-state index in [9.17, 15) is 9.59 Å². The molecule has 136 valence electrons. The van der Waals surface area contributed by atoms with Crippen LogP contribution in [-0.2, 0) is 16.1 Å². The Morgan fingerprint density at radius 3 is 2.62 bits per heavy atom. The molecule has 0 spiro atoms. The summed E-state index contributed by atoms with van der Waals surface area (Å²) in [5.41, 5.74) is 2.19. The number of hydrogen-bond donors (Lipinski definition) is 3. The lowest BCUT2D eigenvalue weighted by molar-refractivity contribution is -0.122. The van der Waals surface area contributed by atoms with Crippen LogP contribution in [0.4, 0.5) is 5.69 Å². The van der Waals surface area contributed by atoms with Gasteiger partial charge in [0, 0.05) is 49.2 Å². The molecule has 3 rings (SSSR count). The van der Waals surface area contributed by atoms with E-state index in [0.717, 1.165) is 12.1 Å². The number of ether oxygens (including phenoxy) is 1. The molecule has 1 aromatic carbocycles. The molecule has 3 N–H and O–H groups in total. The number of rotatable bonds is 6. The van der Waals surface area contributed by atoms with E-state index < -0.39 is 0 Å². The third-order valence-corrected chi connectivity index (χ3v) is 4.07. The van der Waals surface area contributed by atoms with Crippen molar-refractivity contribution in [1.29, 1.82) is 0 Å². The molecule has 2 heterocycles. The zero-order chi connectivity index (χ0) is 18.2. The molecule has 1 atom stereocenters. The molecule has 2 amide bonds. The van der Waals surface area contributed by atoms with E-state index in [1.54, 1.807) is 36.7 Å². The van der Waals surface area contributed by atoms with Crippen molar-refractivity contribution in [2.75, 3.05) is 25.1 Å². The van der Waals surface area contributed by atoms with E-state index in [4.69, 9.17) is 4.74 Å². The van der Waals surface area contributed by atoms with E-state index in [2.05, 4.69) is 20.9 Å². The molecule has 0 saturated carbocycles.